The van der Waals surface area contributed by atoms with E-state index in [4.69, 9.17) is 4.74 Å². The lowest BCUT2D eigenvalue weighted by Gasteiger charge is -2.08. The number of rotatable bonds is 6. The van der Waals surface area contributed by atoms with E-state index in [1.807, 2.05) is 11.3 Å². The van der Waals surface area contributed by atoms with E-state index >= 15 is 0 Å². The van der Waals surface area contributed by atoms with E-state index in [2.05, 4.69) is 22.8 Å². The highest BCUT2D eigenvalue weighted by molar-refractivity contribution is 7.09. The Labute approximate surface area is 95.6 Å². The van der Waals surface area contributed by atoms with Crippen molar-refractivity contribution in [2.45, 2.75) is 19.3 Å². The monoisotopic (exact) mass is 225 g/mol. The van der Waals surface area contributed by atoms with Gasteiger partial charge in [0.15, 0.2) is 0 Å². The maximum Gasteiger partial charge on any atom is 0.0507 e. The van der Waals surface area contributed by atoms with Crippen LogP contribution >= 0.6 is 11.3 Å². The van der Waals surface area contributed by atoms with E-state index in [0.29, 0.717) is 0 Å². The second-order valence-corrected chi connectivity index (χ2v) is 5.15. The maximum absolute atomic E-state index is 5.33. The maximum atomic E-state index is 5.33. The van der Waals surface area contributed by atoms with Gasteiger partial charge >= 0.3 is 0 Å². The van der Waals surface area contributed by atoms with E-state index in [1.54, 1.807) is 0 Å². The molecule has 1 aromatic heterocycles. The molecule has 1 N–H and O–H groups in total. The van der Waals surface area contributed by atoms with E-state index in [0.717, 1.165) is 32.2 Å². The molecule has 1 saturated heterocycles. The van der Waals surface area contributed by atoms with Crippen molar-refractivity contribution in [3.05, 3.63) is 22.4 Å². The molecule has 3 heteroatoms. The molecule has 0 aromatic carbocycles. The number of aryl methyl sites for hydroxylation is 1. The van der Waals surface area contributed by atoms with Gasteiger partial charge in [-0.05, 0) is 43.2 Å². The molecular weight excluding hydrogens is 206 g/mol. The zero-order chi connectivity index (χ0) is 10.3. The summed E-state index contributed by atoms with van der Waals surface area (Å²) in [7, 11) is 0. The fraction of sp³-hybridized carbons (Fsp3) is 0.667. The van der Waals surface area contributed by atoms with Gasteiger partial charge in [0, 0.05) is 18.0 Å². The first-order chi connectivity index (χ1) is 7.45. The lowest BCUT2D eigenvalue weighted by atomic mass is 10.1. The summed E-state index contributed by atoms with van der Waals surface area (Å²) in [6, 6.07) is 4.35. The average Bonchev–Trinajstić information content (AvgIpc) is 2.88. The summed E-state index contributed by atoms with van der Waals surface area (Å²) in [5.41, 5.74) is 0. The average molecular weight is 225 g/mol. The predicted octanol–water partition coefficient (Wildman–Crippen LogP) is 2.31. The number of nitrogens with one attached hydrogen (secondary N) is 1. The molecule has 0 radical (unpaired) electrons. The predicted molar refractivity (Wildman–Crippen MR) is 64.4 cm³/mol. The van der Waals surface area contributed by atoms with Crippen molar-refractivity contribution in [3.63, 3.8) is 0 Å². The van der Waals surface area contributed by atoms with Crippen molar-refractivity contribution in [1.29, 1.82) is 0 Å². The molecule has 1 fully saturated rings. The van der Waals surface area contributed by atoms with E-state index in [-0.39, 0.29) is 0 Å². The van der Waals surface area contributed by atoms with Crippen LogP contribution in [0.15, 0.2) is 17.5 Å². The van der Waals surface area contributed by atoms with Crippen LogP contribution < -0.4 is 5.32 Å². The van der Waals surface area contributed by atoms with Crippen molar-refractivity contribution >= 4 is 11.3 Å². The minimum absolute atomic E-state index is 0.756. The standard InChI is InChI=1S/C12H19NOS/c1(3-12-4-2-8-15-12)6-13-9-11-5-7-14-10-11/h2,4,8,11,13H,1,3,5-7,9-10H2. The van der Waals surface area contributed by atoms with Gasteiger partial charge in [0.25, 0.3) is 0 Å². The molecule has 1 atom stereocenters. The summed E-state index contributed by atoms with van der Waals surface area (Å²) >= 11 is 1.86. The minimum Gasteiger partial charge on any atom is -0.381 e. The number of hydrogen-bond donors (Lipinski definition) is 1. The first-order valence-corrected chi connectivity index (χ1v) is 6.64. The Bertz CT molecular complexity index is 255. The van der Waals surface area contributed by atoms with Crippen LogP contribution in [0.1, 0.15) is 17.7 Å². The SMILES string of the molecule is c1csc(CCCNCC2CCOC2)c1. The summed E-state index contributed by atoms with van der Waals surface area (Å²) in [6.45, 7) is 4.18. The summed E-state index contributed by atoms with van der Waals surface area (Å²) in [5, 5.41) is 5.67. The van der Waals surface area contributed by atoms with Crippen LogP contribution in [0.3, 0.4) is 0 Å². The molecule has 0 amide bonds. The molecule has 1 aliphatic heterocycles. The second-order valence-electron chi connectivity index (χ2n) is 4.12. The Hall–Kier alpha value is -0.380. The first-order valence-electron chi connectivity index (χ1n) is 5.76. The fourth-order valence-corrected chi connectivity index (χ4v) is 2.64. The van der Waals surface area contributed by atoms with Crippen molar-refractivity contribution in [1.82, 2.24) is 5.32 Å². The van der Waals surface area contributed by atoms with Crippen LogP contribution in [-0.4, -0.2) is 26.3 Å². The largest absolute Gasteiger partial charge is 0.381 e. The van der Waals surface area contributed by atoms with Crippen LogP contribution in [0.4, 0.5) is 0 Å². The summed E-state index contributed by atoms with van der Waals surface area (Å²) in [4.78, 5) is 1.50. The van der Waals surface area contributed by atoms with E-state index < -0.39 is 0 Å². The van der Waals surface area contributed by atoms with Gasteiger partial charge in [-0.3, -0.25) is 0 Å². The lowest BCUT2D eigenvalue weighted by molar-refractivity contribution is 0.185. The Balaban J connectivity index is 1.48. The third-order valence-corrected chi connectivity index (χ3v) is 3.75. The lowest BCUT2D eigenvalue weighted by Crippen LogP contribution is -2.24. The highest BCUT2D eigenvalue weighted by Gasteiger charge is 2.14. The molecule has 0 aliphatic carbocycles. The molecule has 2 nitrogen and oxygen atoms in total. The van der Waals surface area contributed by atoms with E-state index in [9.17, 15) is 0 Å². The van der Waals surface area contributed by atoms with Gasteiger partial charge < -0.3 is 10.1 Å². The summed E-state index contributed by atoms with van der Waals surface area (Å²) < 4.78 is 5.33. The first kappa shape index (κ1) is 11.1. The molecule has 15 heavy (non-hydrogen) atoms. The van der Waals surface area contributed by atoms with Crippen molar-refractivity contribution < 1.29 is 4.74 Å². The minimum atomic E-state index is 0.756. The highest BCUT2D eigenvalue weighted by Crippen LogP contribution is 2.11. The van der Waals surface area contributed by atoms with Gasteiger partial charge in [-0.2, -0.15) is 0 Å². The zero-order valence-electron chi connectivity index (χ0n) is 9.08. The Morgan fingerprint density at radius 2 is 2.53 bits per heavy atom. The Morgan fingerprint density at radius 3 is 3.27 bits per heavy atom. The molecule has 1 aromatic rings. The summed E-state index contributed by atoms with van der Waals surface area (Å²) in [6.07, 6.45) is 3.69. The van der Waals surface area contributed by atoms with Crippen LogP contribution in [-0.2, 0) is 11.2 Å². The third kappa shape index (κ3) is 3.93. The molecule has 2 rings (SSSR count). The number of thiophene rings is 1. The Kier molecular flexibility index (Phi) is 4.64. The number of ether oxygens (including phenoxy) is 1. The normalized spacial score (nSPS) is 20.9. The van der Waals surface area contributed by atoms with Gasteiger partial charge in [0.2, 0.25) is 0 Å². The molecular formula is C12H19NOS. The molecule has 1 aliphatic rings. The Morgan fingerprint density at radius 1 is 1.53 bits per heavy atom. The molecule has 0 spiro atoms. The van der Waals surface area contributed by atoms with Gasteiger partial charge in [0.05, 0.1) is 6.61 Å². The molecule has 2 heterocycles. The van der Waals surface area contributed by atoms with Crippen LogP contribution in [0.2, 0.25) is 0 Å². The van der Waals surface area contributed by atoms with Gasteiger partial charge in [-0.1, -0.05) is 6.07 Å². The van der Waals surface area contributed by atoms with Crippen LogP contribution in [0.25, 0.3) is 0 Å². The van der Waals surface area contributed by atoms with Gasteiger partial charge in [0.1, 0.15) is 0 Å². The van der Waals surface area contributed by atoms with Crippen LogP contribution in [0, 0.1) is 5.92 Å². The smallest absolute Gasteiger partial charge is 0.0507 e. The van der Waals surface area contributed by atoms with Crippen LogP contribution in [0.5, 0.6) is 0 Å². The van der Waals surface area contributed by atoms with Crippen molar-refractivity contribution in [3.8, 4) is 0 Å². The van der Waals surface area contributed by atoms with Gasteiger partial charge in [-0.25, -0.2) is 0 Å². The van der Waals surface area contributed by atoms with E-state index in [1.165, 1.54) is 24.1 Å². The highest BCUT2D eigenvalue weighted by atomic mass is 32.1. The molecule has 0 bridgehead atoms. The molecule has 0 saturated carbocycles. The summed E-state index contributed by atoms with van der Waals surface area (Å²) in [5.74, 6) is 0.756. The molecule has 84 valence electrons. The molecule has 1 unspecified atom stereocenters. The second kappa shape index (κ2) is 6.26. The fourth-order valence-electron chi connectivity index (χ4n) is 1.89. The third-order valence-electron chi connectivity index (χ3n) is 2.81. The van der Waals surface area contributed by atoms with Crippen molar-refractivity contribution in [2.75, 3.05) is 26.3 Å². The van der Waals surface area contributed by atoms with Crippen molar-refractivity contribution in [2.24, 2.45) is 5.92 Å². The number of hydrogen-bond acceptors (Lipinski definition) is 3. The zero-order valence-corrected chi connectivity index (χ0v) is 9.89. The van der Waals surface area contributed by atoms with Gasteiger partial charge in [-0.15, -0.1) is 11.3 Å². The topological polar surface area (TPSA) is 21.3 Å². The quantitative estimate of drug-likeness (QED) is 0.750.